The van der Waals surface area contributed by atoms with E-state index in [1.165, 1.54) is 0 Å². The van der Waals surface area contributed by atoms with E-state index < -0.39 is 30.4 Å². The Balaban J connectivity index is 0.000000580. The Morgan fingerprint density at radius 2 is 1.59 bits per heavy atom. The fourth-order valence-electron chi connectivity index (χ4n) is 3.85. The molecule has 1 aliphatic heterocycles. The number of aromatic nitrogens is 2. The largest absolute Gasteiger partial charge is 0.482 e. The van der Waals surface area contributed by atoms with Gasteiger partial charge in [-0.25, -0.2) is 14.4 Å². The number of nitrogens with zero attached hydrogens (tertiary/aromatic N) is 3. The van der Waals surface area contributed by atoms with Gasteiger partial charge in [0.2, 0.25) is 0 Å². The van der Waals surface area contributed by atoms with E-state index in [1.807, 2.05) is 4.90 Å². The number of anilines is 1. The van der Waals surface area contributed by atoms with Crippen molar-refractivity contribution in [3.8, 4) is 5.75 Å². The van der Waals surface area contributed by atoms with Crippen LogP contribution in [0, 0.1) is 13.8 Å². The highest BCUT2D eigenvalue weighted by Crippen LogP contribution is 2.30. The minimum atomic E-state index is -4.38. The molecule has 0 amide bonds. The Kier molecular flexibility index (Phi) is 11.3. The first-order valence-electron chi connectivity index (χ1n) is 12.0. The number of para-hydroxylation sites is 2. The highest BCUT2D eigenvalue weighted by atomic mass is 19.4. The SMILES string of the molecule is Cc1c(C)n(CCCN2CCN(c3ccccc3OCC(F)(F)F)CC2)c(=O)[nH]c1=O.O=C(O)C=CC(=O)O. The summed E-state index contributed by atoms with van der Waals surface area (Å²) in [7, 11) is 0. The van der Waals surface area contributed by atoms with Gasteiger partial charge in [-0.05, 0) is 38.9 Å². The Hall–Kier alpha value is -4.07. The second-order valence-electron chi connectivity index (χ2n) is 8.68. The molecule has 2 aromatic rings. The number of alkyl halides is 3. The first-order chi connectivity index (χ1) is 18.3. The highest BCUT2D eigenvalue weighted by molar-refractivity contribution is 5.89. The third kappa shape index (κ3) is 10.3. The van der Waals surface area contributed by atoms with E-state index in [-0.39, 0.29) is 11.3 Å². The van der Waals surface area contributed by atoms with Crippen molar-refractivity contribution >= 4 is 17.6 Å². The van der Waals surface area contributed by atoms with Crippen molar-refractivity contribution in [2.45, 2.75) is 33.0 Å². The van der Waals surface area contributed by atoms with Gasteiger partial charge in [-0.3, -0.25) is 19.2 Å². The summed E-state index contributed by atoms with van der Waals surface area (Å²) in [5.74, 6) is -2.28. The number of benzene rings is 1. The zero-order valence-corrected chi connectivity index (χ0v) is 21.5. The topological polar surface area (TPSA) is 145 Å². The summed E-state index contributed by atoms with van der Waals surface area (Å²) >= 11 is 0. The standard InChI is InChI=1S/C21H27F3N4O3.C4H4O4/c1-15-16(2)28(20(30)25-19(15)29)9-5-8-26-10-12-27(13-11-26)17-6-3-4-7-18(17)31-14-21(22,23)24;5-3(6)1-2-4(7)8/h3-4,6-7H,5,8-14H2,1-2H3,(H,25,29,30);1-2H,(H,5,6)(H,7,8). The first-order valence-corrected chi connectivity index (χ1v) is 12.0. The van der Waals surface area contributed by atoms with Gasteiger partial charge in [0.25, 0.3) is 5.56 Å². The lowest BCUT2D eigenvalue weighted by molar-refractivity contribution is -0.153. The second-order valence-corrected chi connectivity index (χ2v) is 8.68. The van der Waals surface area contributed by atoms with Crippen molar-refractivity contribution < 1.29 is 37.7 Å². The molecule has 39 heavy (non-hydrogen) atoms. The molecular weight excluding hydrogens is 525 g/mol. The molecule has 0 spiro atoms. The van der Waals surface area contributed by atoms with Gasteiger partial charge >= 0.3 is 23.8 Å². The predicted molar refractivity (Wildman–Crippen MR) is 136 cm³/mol. The van der Waals surface area contributed by atoms with Gasteiger partial charge in [-0.15, -0.1) is 0 Å². The van der Waals surface area contributed by atoms with Crippen molar-refractivity contribution in [2.75, 3.05) is 44.2 Å². The second kappa shape index (κ2) is 14.2. The van der Waals surface area contributed by atoms with Crippen LogP contribution in [0.15, 0.2) is 46.0 Å². The normalized spacial score (nSPS) is 14.1. The molecule has 3 N–H and O–H groups in total. The quantitative estimate of drug-likeness (QED) is 0.395. The van der Waals surface area contributed by atoms with Crippen molar-refractivity contribution in [3.63, 3.8) is 0 Å². The molecule has 1 saturated heterocycles. The number of piperazine rings is 1. The molecule has 0 bridgehead atoms. The molecule has 214 valence electrons. The molecule has 2 heterocycles. The van der Waals surface area contributed by atoms with Gasteiger partial charge in [0.15, 0.2) is 6.61 Å². The predicted octanol–water partition coefficient (Wildman–Crippen LogP) is 2.02. The minimum absolute atomic E-state index is 0.233. The van der Waals surface area contributed by atoms with Gasteiger partial charge in [0.1, 0.15) is 5.75 Å². The summed E-state index contributed by atoms with van der Waals surface area (Å²) < 4.78 is 44.1. The van der Waals surface area contributed by atoms with E-state index in [4.69, 9.17) is 14.9 Å². The highest BCUT2D eigenvalue weighted by Gasteiger charge is 2.29. The molecule has 0 atom stereocenters. The van der Waals surface area contributed by atoms with Crippen LogP contribution in [0.1, 0.15) is 17.7 Å². The zero-order valence-electron chi connectivity index (χ0n) is 21.5. The van der Waals surface area contributed by atoms with Gasteiger partial charge in [-0.1, -0.05) is 12.1 Å². The number of aliphatic carboxylic acids is 2. The number of carboxylic acid groups (broad SMARTS) is 2. The van der Waals surface area contributed by atoms with Crippen molar-refractivity contribution in [1.82, 2.24) is 14.5 Å². The number of halogens is 3. The van der Waals surface area contributed by atoms with E-state index in [0.717, 1.165) is 26.1 Å². The maximum Gasteiger partial charge on any atom is 0.422 e. The molecule has 1 aromatic carbocycles. The van der Waals surface area contributed by atoms with Gasteiger partial charge in [0, 0.05) is 56.1 Å². The molecule has 14 heteroatoms. The summed E-state index contributed by atoms with van der Waals surface area (Å²) in [5, 5.41) is 15.6. The fourth-order valence-corrected chi connectivity index (χ4v) is 3.85. The molecule has 3 rings (SSSR count). The zero-order chi connectivity index (χ0) is 29.2. The van der Waals surface area contributed by atoms with Crippen LogP contribution in [0.4, 0.5) is 18.9 Å². The Morgan fingerprint density at radius 1 is 1.00 bits per heavy atom. The molecule has 0 saturated carbocycles. The summed E-state index contributed by atoms with van der Waals surface area (Å²) in [4.78, 5) is 49.4. The first kappa shape index (κ1) is 31.1. The molecule has 0 unspecified atom stereocenters. The molecule has 1 fully saturated rings. The van der Waals surface area contributed by atoms with E-state index >= 15 is 0 Å². The average Bonchev–Trinajstić information content (AvgIpc) is 2.87. The Labute approximate surface area is 221 Å². The van der Waals surface area contributed by atoms with Crippen LogP contribution in [0.2, 0.25) is 0 Å². The number of hydrogen-bond acceptors (Lipinski definition) is 7. The number of hydrogen-bond donors (Lipinski definition) is 3. The number of ether oxygens (including phenoxy) is 1. The lowest BCUT2D eigenvalue weighted by atomic mass is 10.2. The van der Waals surface area contributed by atoms with Crippen LogP contribution >= 0.6 is 0 Å². The van der Waals surface area contributed by atoms with Gasteiger partial charge in [0.05, 0.1) is 5.69 Å². The van der Waals surface area contributed by atoms with Crippen LogP contribution in [0.25, 0.3) is 0 Å². The summed E-state index contributed by atoms with van der Waals surface area (Å²) in [6.45, 7) is 6.29. The Morgan fingerprint density at radius 3 is 2.15 bits per heavy atom. The van der Waals surface area contributed by atoms with Crippen LogP contribution in [-0.4, -0.2) is 82.1 Å². The molecule has 1 aromatic heterocycles. The van der Waals surface area contributed by atoms with E-state index in [9.17, 15) is 32.3 Å². The minimum Gasteiger partial charge on any atom is -0.482 e. The monoisotopic (exact) mass is 556 g/mol. The Bertz CT molecular complexity index is 1260. The number of nitrogens with one attached hydrogen (secondary N) is 1. The van der Waals surface area contributed by atoms with Crippen molar-refractivity contribution in [1.29, 1.82) is 0 Å². The molecular formula is C25H31F3N4O7. The van der Waals surface area contributed by atoms with Crippen LogP contribution < -0.4 is 20.9 Å². The lowest BCUT2D eigenvalue weighted by Gasteiger charge is -2.36. The molecule has 1 aliphatic rings. The van der Waals surface area contributed by atoms with Gasteiger partial charge < -0.3 is 19.8 Å². The summed E-state index contributed by atoms with van der Waals surface area (Å²) in [6.07, 6.45) is -2.52. The van der Waals surface area contributed by atoms with Crippen molar-refractivity contribution in [3.05, 3.63) is 68.5 Å². The number of H-pyrrole nitrogens is 1. The number of carboxylic acids is 2. The van der Waals surface area contributed by atoms with E-state index in [2.05, 4.69) is 9.88 Å². The molecule has 11 nitrogen and oxygen atoms in total. The lowest BCUT2D eigenvalue weighted by Crippen LogP contribution is -2.47. The summed E-state index contributed by atoms with van der Waals surface area (Å²) in [5.41, 5.74) is 1.13. The van der Waals surface area contributed by atoms with E-state index in [1.54, 1.807) is 42.7 Å². The summed E-state index contributed by atoms with van der Waals surface area (Å²) in [6, 6.07) is 6.77. The fraction of sp³-hybridized carbons (Fsp3) is 0.440. The molecule has 0 radical (unpaired) electrons. The van der Waals surface area contributed by atoms with Gasteiger partial charge in [-0.2, -0.15) is 13.2 Å². The van der Waals surface area contributed by atoms with Crippen molar-refractivity contribution in [2.24, 2.45) is 0 Å². The van der Waals surface area contributed by atoms with E-state index in [0.29, 0.717) is 48.7 Å². The maximum absolute atomic E-state index is 12.5. The van der Waals surface area contributed by atoms with Crippen LogP contribution in [-0.2, 0) is 16.1 Å². The van der Waals surface area contributed by atoms with Crippen LogP contribution in [0.5, 0.6) is 5.75 Å². The third-order valence-electron chi connectivity index (χ3n) is 5.95. The third-order valence-corrected chi connectivity index (χ3v) is 5.95. The van der Waals surface area contributed by atoms with Crippen LogP contribution in [0.3, 0.4) is 0 Å². The molecule has 0 aliphatic carbocycles. The average molecular weight is 557 g/mol. The number of carbonyl (C=O) groups is 2. The number of aromatic amines is 1. The smallest absolute Gasteiger partial charge is 0.422 e. The maximum atomic E-state index is 12.5. The number of rotatable bonds is 9.